The molecule has 102 valence electrons. The third kappa shape index (κ3) is 2.57. The van der Waals surface area contributed by atoms with Crippen molar-refractivity contribution in [3.8, 4) is 0 Å². The minimum absolute atomic E-state index is 0.490. The van der Waals surface area contributed by atoms with Crippen LogP contribution in [0, 0.1) is 11.8 Å². The average molecular weight is 284 g/mol. The molecule has 1 aromatic carbocycles. The van der Waals surface area contributed by atoms with Gasteiger partial charge in [0.2, 0.25) is 0 Å². The number of rotatable bonds is 3. The van der Waals surface area contributed by atoms with Crippen LogP contribution in [0.1, 0.15) is 18.5 Å². The van der Waals surface area contributed by atoms with Crippen LogP contribution in [0.5, 0.6) is 0 Å². The van der Waals surface area contributed by atoms with Crippen LogP contribution in [0.2, 0.25) is 5.02 Å². The minimum atomic E-state index is -1.03. The standard InChI is InChI=1S/C13H14ClNO4/c1-6-9(12(16)17)11(15-10(6)13(18)19)7-2-4-8(14)5-3-7/h2-6,9-11,15H,1H3,(H,16,17)(H,18,19)/t6-,9-,10+,11-/m0/s1. The largest absolute Gasteiger partial charge is 0.481 e. The fraction of sp³-hybridized carbons (Fsp3) is 0.385. The van der Waals surface area contributed by atoms with E-state index < -0.39 is 35.9 Å². The maximum absolute atomic E-state index is 11.4. The lowest BCUT2D eigenvalue weighted by Crippen LogP contribution is -2.35. The Hall–Kier alpha value is -1.59. The molecule has 1 saturated heterocycles. The van der Waals surface area contributed by atoms with E-state index in [9.17, 15) is 14.7 Å². The lowest BCUT2D eigenvalue weighted by molar-refractivity contribution is -0.144. The molecule has 3 N–H and O–H groups in total. The highest BCUT2D eigenvalue weighted by Gasteiger charge is 2.47. The lowest BCUT2D eigenvalue weighted by Gasteiger charge is -2.18. The fourth-order valence-electron chi connectivity index (χ4n) is 2.60. The number of hydrogen-bond donors (Lipinski definition) is 3. The Kier molecular flexibility index (Phi) is 3.78. The number of nitrogens with one attached hydrogen (secondary N) is 1. The Labute approximate surface area is 115 Å². The van der Waals surface area contributed by atoms with Crippen LogP contribution >= 0.6 is 11.6 Å². The van der Waals surface area contributed by atoms with E-state index in [4.69, 9.17) is 16.7 Å². The van der Waals surface area contributed by atoms with Crippen LogP contribution in [0.25, 0.3) is 0 Å². The summed E-state index contributed by atoms with van der Waals surface area (Å²) >= 11 is 5.79. The molecule has 0 aliphatic carbocycles. The molecule has 0 amide bonds. The van der Waals surface area contributed by atoms with E-state index in [2.05, 4.69) is 5.32 Å². The second kappa shape index (κ2) is 5.19. The molecule has 0 radical (unpaired) electrons. The summed E-state index contributed by atoms with van der Waals surface area (Å²) in [7, 11) is 0. The van der Waals surface area contributed by atoms with E-state index in [-0.39, 0.29) is 0 Å². The molecule has 1 fully saturated rings. The molecule has 1 aliphatic rings. The van der Waals surface area contributed by atoms with E-state index in [1.54, 1.807) is 31.2 Å². The van der Waals surface area contributed by atoms with E-state index >= 15 is 0 Å². The van der Waals surface area contributed by atoms with Crippen LogP contribution in [0.3, 0.4) is 0 Å². The van der Waals surface area contributed by atoms with E-state index in [0.29, 0.717) is 5.02 Å². The lowest BCUT2D eigenvalue weighted by atomic mass is 9.86. The Morgan fingerprint density at radius 2 is 1.74 bits per heavy atom. The van der Waals surface area contributed by atoms with Gasteiger partial charge in [-0.3, -0.25) is 14.9 Å². The van der Waals surface area contributed by atoms with Crippen molar-refractivity contribution in [2.45, 2.75) is 19.0 Å². The molecule has 0 saturated carbocycles. The van der Waals surface area contributed by atoms with Crippen molar-refractivity contribution in [2.24, 2.45) is 11.8 Å². The molecule has 1 aromatic rings. The molecular formula is C13H14ClNO4. The minimum Gasteiger partial charge on any atom is -0.481 e. The second-order valence-corrected chi connectivity index (χ2v) is 5.17. The van der Waals surface area contributed by atoms with Gasteiger partial charge in [-0.2, -0.15) is 0 Å². The summed E-state index contributed by atoms with van der Waals surface area (Å²) < 4.78 is 0. The van der Waals surface area contributed by atoms with Gasteiger partial charge in [-0.05, 0) is 23.6 Å². The molecule has 6 heteroatoms. The molecule has 19 heavy (non-hydrogen) atoms. The average Bonchev–Trinajstić information content (AvgIpc) is 2.68. The molecule has 0 unspecified atom stereocenters. The first-order valence-electron chi connectivity index (χ1n) is 5.89. The zero-order valence-electron chi connectivity index (χ0n) is 10.2. The summed E-state index contributed by atoms with van der Waals surface area (Å²) in [6, 6.07) is 5.37. The molecule has 1 aliphatic heterocycles. The van der Waals surface area contributed by atoms with Crippen molar-refractivity contribution >= 4 is 23.5 Å². The number of carbonyl (C=O) groups is 2. The topological polar surface area (TPSA) is 86.6 Å². The number of halogens is 1. The zero-order chi connectivity index (χ0) is 14.2. The Balaban J connectivity index is 2.35. The van der Waals surface area contributed by atoms with Crippen molar-refractivity contribution in [3.05, 3.63) is 34.9 Å². The number of hydrogen-bond acceptors (Lipinski definition) is 3. The maximum Gasteiger partial charge on any atom is 0.321 e. The molecule has 0 spiro atoms. The highest BCUT2D eigenvalue weighted by atomic mass is 35.5. The van der Waals surface area contributed by atoms with Gasteiger partial charge in [0.05, 0.1) is 5.92 Å². The van der Waals surface area contributed by atoms with Crippen LogP contribution < -0.4 is 5.32 Å². The summed E-state index contributed by atoms with van der Waals surface area (Å²) in [6.07, 6.45) is 0. The number of carboxylic acid groups (broad SMARTS) is 2. The normalized spacial score (nSPS) is 30.2. The van der Waals surface area contributed by atoms with E-state index in [1.807, 2.05) is 0 Å². The molecule has 4 atom stereocenters. The van der Waals surface area contributed by atoms with E-state index in [1.165, 1.54) is 0 Å². The first-order chi connectivity index (χ1) is 8.91. The number of benzene rings is 1. The van der Waals surface area contributed by atoms with Crippen molar-refractivity contribution < 1.29 is 19.8 Å². The Bertz CT molecular complexity index is 502. The van der Waals surface area contributed by atoms with Crippen LogP contribution in [-0.4, -0.2) is 28.2 Å². The summed E-state index contributed by atoms with van der Waals surface area (Å²) in [6.45, 7) is 1.64. The summed E-state index contributed by atoms with van der Waals surface area (Å²) in [5, 5.41) is 21.9. The zero-order valence-corrected chi connectivity index (χ0v) is 11.0. The fourth-order valence-corrected chi connectivity index (χ4v) is 2.72. The van der Waals surface area contributed by atoms with Crippen molar-refractivity contribution in [3.63, 3.8) is 0 Å². The van der Waals surface area contributed by atoms with Gasteiger partial charge >= 0.3 is 11.9 Å². The van der Waals surface area contributed by atoms with Gasteiger partial charge in [-0.15, -0.1) is 0 Å². The highest BCUT2D eigenvalue weighted by Crippen LogP contribution is 2.37. The maximum atomic E-state index is 11.4. The quantitative estimate of drug-likeness (QED) is 0.787. The van der Waals surface area contributed by atoms with Crippen molar-refractivity contribution in [1.29, 1.82) is 0 Å². The summed E-state index contributed by atoms with van der Waals surface area (Å²) in [5.74, 6) is -3.29. The second-order valence-electron chi connectivity index (χ2n) is 4.73. The van der Waals surface area contributed by atoms with Gasteiger partial charge in [0.15, 0.2) is 0 Å². The molecule has 2 rings (SSSR count). The smallest absolute Gasteiger partial charge is 0.321 e. The van der Waals surface area contributed by atoms with Gasteiger partial charge in [0.25, 0.3) is 0 Å². The van der Waals surface area contributed by atoms with Crippen LogP contribution in [0.4, 0.5) is 0 Å². The van der Waals surface area contributed by atoms with Crippen LogP contribution in [0.15, 0.2) is 24.3 Å². The number of carboxylic acids is 2. The van der Waals surface area contributed by atoms with Gasteiger partial charge < -0.3 is 10.2 Å². The monoisotopic (exact) mass is 283 g/mol. The van der Waals surface area contributed by atoms with Gasteiger partial charge in [-0.1, -0.05) is 30.7 Å². The third-order valence-corrected chi connectivity index (χ3v) is 3.84. The molecular weight excluding hydrogens is 270 g/mol. The first-order valence-corrected chi connectivity index (χ1v) is 6.26. The van der Waals surface area contributed by atoms with Gasteiger partial charge in [0, 0.05) is 11.1 Å². The SMILES string of the molecule is C[C@H]1[C@H](C(=O)O)[C@H](c2ccc(Cl)cc2)N[C@H]1C(=O)O. The van der Waals surface area contributed by atoms with Gasteiger partial charge in [0.1, 0.15) is 6.04 Å². The number of aliphatic carboxylic acids is 2. The molecule has 5 nitrogen and oxygen atoms in total. The van der Waals surface area contributed by atoms with Crippen LogP contribution in [-0.2, 0) is 9.59 Å². The molecule has 1 heterocycles. The first kappa shape index (κ1) is 13.8. The van der Waals surface area contributed by atoms with Gasteiger partial charge in [-0.25, -0.2) is 0 Å². The summed E-state index contributed by atoms with van der Waals surface area (Å²) in [4.78, 5) is 22.5. The Morgan fingerprint density at radius 1 is 1.16 bits per heavy atom. The molecule has 0 aromatic heterocycles. The van der Waals surface area contributed by atoms with Crippen molar-refractivity contribution in [2.75, 3.05) is 0 Å². The third-order valence-electron chi connectivity index (χ3n) is 3.59. The predicted molar refractivity (Wildman–Crippen MR) is 69.0 cm³/mol. The highest BCUT2D eigenvalue weighted by molar-refractivity contribution is 6.30. The van der Waals surface area contributed by atoms with Crippen molar-refractivity contribution in [1.82, 2.24) is 5.32 Å². The predicted octanol–water partition coefficient (Wildman–Crippen LogP) is 1.77. The Morgan fingerprint density at radius 3 is 2.21 bits per heavy atom. The van der Waals surface area contributed by atoms with E-state index in [0.717, 1.165) is 5.56 Å². The summed E-state index contributed by atoms with van der Waals surface area (Å²) in [5.41, 5.74) is 0.729. The molecule has 0 bridgehead atoms.